The van der Waals surface area contributed by atoms with Gasteiger partial charge in [-0.2, -0.15) is 0 Å². The summed E-state index contributed by atoms with van der Waals surface area (Å²) in [6, 6.07) is 19.3. The van der Waals surface area contributed by atoms with E-state index in [0.29, 0.717) is 22.8 Å². The average molecular weight is 506 g/mol. The average Bonchev–Trinajstić information content (AvgIpc) is 3.43. The van der Waals surface area contributed by atoms with Gasteiger partial charge < -0.3 is 9.13 Å². The third-order valence-corrected chi connectivity index (χ3v) is 5.81. The zero-order valence-corrected chi connectivity index (χ0v) is 19.0. The lowest BCUT2D eigenvalue weighted by Crippen LogP contribution is -2.23. The van der Waals surface area contributed by atoms with E-state index in [4.69, 9.17) is 34.8 Å². The SMILES string of the molecule is O=[N+]([O-])c1ccc(-n2cccc2C(c2cccn2-c2ccc([N+](=O)[O-])cc2)C(Cl)(Cl)Cl)cc1. The van der Waals surface area contributed by atoms with Crippen molar-refractivity contribution in [3.8, 4) is 11.4 Å². The lowest BCUT2D eigenvalue weighted by atomic mass is 10.0. The number of alkyl halides is 3. The molecule has 0 amide bonds. The van der Waals surface area contributed by atoms with Gasteiger partial charge in [-0.25, -0.2) is 0 Å². The van der Waals surface area contributed by atoms with E-state index in [2.05, 4.69) is 0 Å². The van der Waals surface area contributed by atoms with E-state index < -0.39 is 19.6 Å². The molecule has 4 rings (SSSR count). The van der Waals surface area contributed by atoms with Crippen LogP contribution in [0, 0.1) is 20.2 Å². The molecule has 0 aliphatic heterocycles. The molecule has 2 heterocycles. The molecule has 168 valence electrons. The Hall–Kier alpha value is -3.33. The predicted octanol–water partition coefficient (Wildman–Crippen LogP) is 6.59. The molecule has 11 heteroatoms. The van der Waals surface area contributed by atoms with Gasteiger partial charge in [0.1, 0.15) is 0 Å². The van der Waals surface area contributed by atoms with Crippen molar-refractivity contribution in [2.45, 2.75) is 9.71 Å². The van der Waals surface area contributed by atoms with Crippen LogP contribution >= 0.6 is 34.8 Å². The highest BCUT2D eigenvalue weighted by Crippen LogP contribution is 2.47. The summed E-state index contributed by atoms with van der Waals surface area (Å²) in [6.07, 6.45) is 3.55. The minimum atomic E-state index is -1.76. The molecule has 0 bridgehead atoms. The Kier molecular flexibility index (Phi) is 6.16. The second-order valence-electron chi connectivity index (χ2n) is 7.13. The Bertz CT molecular complexity index is 1210. The first-order valence-corrected chi connectivity index (χ1v) is 10.7. The first kappa shape index (κ1) is 22.8. The summed E-state index contributed by atoms with van der Waals surface area (Å²) in [5.41, 5.74) is 2.55. The summed E-state index contributed by atoms with van der Waals surface area (Å²) in [6.45, 7) is 0. The van der Waals surface area contributed by atoms with Crippen LogP contribution < -0.4 is 0 Å². The highest BCUT2D eigenvalue weighted by atomic mass is 35.6. The Morgan fingerprint density at radius 2 is 1.03 bits per heavy atom. The molecule has 8 nitrogen and oxygen atoms in total. The van der Waals surface area contributed by atoms with Crippen LogP contribution in [0.15, 0.2) is 85.2 Å². The maximum atomic E-state index is 11.0. The number of hydrogen-bond donors (Lipinski definition) is 0. The van der Waals surface area contributed by atoms with E-state index in [-0.39, 0.29) is 11.4 Å². The summed E-state index contributed by atoms with van der Waals surface area (Å²) in [5, 5.41) is 22.0. The Morgan fingerprint density at radius 3 is 1.33 bits per heavy atom. The van der Waals surface area contributed by atoms with Gasteiger partial charge in [-0.05, 0) is 48.5 Å². The molecule has 2 aromatic heterocycles. The number of aromatic nitrogens is 2. The normalized spacial score (nSPS) is 11.6. The molecule has 4 aromatic rings. The van der Waals surface area contributed by atoms with Gasteiger partial charge in [0.25, 0.3) is 11.4 Å². The summed E-state index contributed by atoms with van der Waals surface area (Å²) >= 11 is 19.4. The predicted molar refractivity (Wildman–Crippen MR) is 127 cm³/mol. The van der Waals surface area contributed by atoms with Gasteiger partial charge >= 0.3 is 0 Å². The number of nitro benzene ring substituents is 2. The first-order chi connectivity index (χ1) is 15.7. The van der Waals surface area contributed by atoms with Gasteiger partial charge in [0.05, 0.1) is 15.8 Å². The fraction of sp³-hybridized carbons (Fsp3) is 0.0909. The summed E-state index contributed by atoms with van der Waals surface area (Å²) in [7, 11) is 0. The van der Waals surface area contributed by atoms with Crippen LogP contribution in [0.1, 0.15) is 17.3 Å². The largest absolute Gasteiger partial charge is 0.320 e. The topological polar surface area (TPSA) is 96.1 Å². The number of nitro groups is 2. The second-order valence-corrected chi connectivity index (χ2v) is 9.50. The third-order valence-electron chi connectivity index (χ3n) is 5.16. The van der Waals surface area contributed by atoms with Gasteiger partial charge in [-0.15, -0.1) is 0 Å². The van der Waals surface area contributed by atoms with E-state index in [0.717, 1.165) is 0 Å². The molecular weight excluding hydrogens is 491 g/mol. The fourth-order valence-corrected chi connectivity index (χ4v) is 4.36. The quantitative estimate of drug-likeness (QED) is 0.168. The summed E-state index contributed by atoms with van der Waals surface area (Å²) in [5.74, 6) is -0.738. The lowest BCUT2D eigenvalue weighted by Gasteiger charge is -2.27. The molecule has 0 aliphatic rings. The molecule has 2 aromatic carbocycles. The van der Waals surface area contributed by atoms with Gasteiger partial charge in [0.2, 0.25) is 3.79 Å². The van der Waals surface area contributed by atoms with E-state index in [1.807, 2.05) is 0 Å². The smallest absolute Gasteiger partial charge is 0.269 e. The molecule has 0 saturated heterocycles. The van der Waals surface area contributed by atoms with Crippen molar-refractivity contribution in [2.75, 3.05) is 0 Å². The molecule has 0 atom stereocenters. The van der Waals surface area contributed by atoms with Crippen molar-refractivity contribution in [2.24, 2.45) is 0 Å². The number of rotatable bonds is 6. The molecule has 0 unspecified atom stereocenters. The van der Waals surface area contributed by atoms with Gasteiger partial charge in [-0.1, -0.05) is 34.8 Å². The van der Waals surface area contributed by atoms with Crippen LogP contribution in [0.4, 0.5) is 11.4 Å². The van der Waals surface area contributed by atoms with Crippen LogP contribution in [-0.4, -0.2) is 22.8 Å². The Labute approximate surface area is 202 Å². The van der Waals surface area contributed by atoms with Crippen LogP contribution in [0.25, 0.3) is 11.4 Å². The highest BCUT2D eigenvalue weighted by Gasteiger charge is 2.39. The van der Waals surface area contributed by atoms with Crippen molar-refractivity contribution in [1.82, 2.24) is 9.13 Å². The zero-order chi connectivity index (χ0) is 23.8. The van der Waals surface area contributed by atoms with E-state index >= 15 is 0 Å². The second kappa shape index (κ2) is 8.90. The lowest BCUT2D eigenvalue weighted by molar-refractivity contribution is -0.385. The van der Waals surface area contributed by atoms with Crippen molar-refractivity contribution in [3.05, 3.63) is 117 Å². The number of hydrogen-bond acceptors (Lipinski definition) is 4. The maximum Gasteiger partial charge on any atom is 0.269 e. The van der Waals surface area contributed by atoms with Crippen LogP contribution in [0.3, 0.4) is 0 Å². The number of nitrogens with zero attached hydrogens (tertiary/aromatic N) is 4. The maximum absolute atomic E-state index is 11.0. The number of halogens is 3. The van der Waals surface area contributed by atoms with E-state index in [1.165, 1.54) is 24.3 Å². The molecule has 0 spiro atoms. The molecule has 0 fully saturated rings. The third kappa shape index (κ3) is 4.59. The summed E-state index contributed by atoms with van der Waals surface area (Å²) < 4.78 is 1.83. The molecule has 0 aliphatic carbocycles. The molecule has 0 saturated carbocycles. The van der Waals surface area contributed by atoms with Gasteiger partial charge in [0.15, 0.2) is 0 Å². The van der Waals surface area contributed by atoms with E-state index in [1.54, 1.807) is 70.1 Å². The number of non-ortho nitro benzene ring substituents is 2. The van der Waals surface area contributed by atoms with Crippen molar-refractivity contribution in [1.29, 1.82) is 0 Å². The fourth-order valence-electron chi connectivity index (χ4n) is 3.69. The standard InChI is InChI=1S/C22H15Cl3N4O4/c23-22(24,25)21(19-3-1-13-26(19)15-5-9-17(10-6-15)28(30)31)20-4-2-14-27(20)16-7-11-18(12-8-16)29(32)33/h1-14,21H. The molecule has 0 N–H and O–H groups in total. The Morgan fingerprint density at radius 1 is 0.667 bits per heavy atom. The van der Waals surface area contributed by atoms with Crippen molar-refractivity contribution in [3.63, 3.8) is 0 Å². The zero-order valence-electron chi connectivity index (χ0n) is 16.7. The minimum absolute atomic E-state index is 0.0302. The van der Waals surface area contributed by atoms with Crippen molar-refractivity contribution >= 4 is 46.2 Å². The highest BCUT2D eigenvalue weighted by molar-refractivity contribution is 6.68. The summed E-state index contributed by atoms with van der Waals surface area (Å²) in [4.78, 5) is 21.1. The van der Waals surface area contributed by atoms with Crippen molar-refractivity contribution < 1.29 is 9.85 Å². The monoisotopic (exact) mass is 504 g/mol. The molecular formula is C22H15Cl3N4O4. The van der Waals surface area contributed by atoms with Gasteiger partial charge in [-0.3, -0.25) is 20.2 Å². The van der Waals surface area contributed by atoms with Crippen LogP contribution in [0.2, 0.25) is 0 Å². The van der Waals surface area contributed by atoms with E-state index in [9.17, 15) is 20.2 Å². The van der Waals surface area contributed by atoms with Gasteiger partial charge in [0, 0.05) is 59.4 Å². The Balaban J connectivity index is 1.80. The number of benzene rings is 2. The van der Waals surface area contributed by atoms with Crippen LogP contribution in [0.5, 0.6) is 0 Å². The van der Waals surface area contributed by atoms with Crippen LogP contribution in [-0.2, 0) is 0 Å². The molecule has 33 heavy (non-hydrogen) atoms. The first-order valence-electron chi connectivity index (χ1n) is 9.57. The molecule has 0 radical (unpaired) electrons. The minimum Gasteiger partial charge on any atom is -0.320 e.